The largest absolute Gasteiger partial charge is 0.457 e. The highest BCUT2D eigenvalue weighted by molar-refractivity contribution is 6.00. The number of nitrogen functional groups attached to an aromatic ring is 1. The minimum absolute atomic E-state index is 0.376. The van der Waals surface area contributed by atoms with Gasteiger partial charge in [0.2, 0.25) is 0 Å². The molecule has 0 unspecified atom stereocenters. The number of fused-ring (bicyclic) bond motifs is 1. The Morgan fingerprint density at radius 3 is 2.43 bits per heavy atom. The summed E-state index contributed by atoms with van der Waals surface area (Å²) in [6.07, 6.45) is 10.0. The van der Waals surface area contributed by atoms with E-state index in [0.29, 0.717) is 17.9 Å². The Balaban J connectivity index is 1.21. The highest BCUT2D eigenvalue weighted by atomic mass is 16.5. The molecule has 3 aromatic heterocycles. The Labute approximate surface area is 216 Å². The van der Waals surface area contributed by atoms with Crippen molar-refractivity contribution in [2.75, 3.05) is 5.73 Å². The number of nitrogens with one attached hydrogen (secondary N) is 1. The molecule has 8 heteroatoms. The van der Waals surface area contributed by atoms with Crippen LogP contribution in [0.4, 0.5) is 5.82 Å². The molecule has 0 bridgehead atoms. The Bertz CT molecular complexity index is 1480. The predicted molar refractivity (Wildman–Crippen MR) is 145 cm³/mol. The van der Waals surface area contributed by atoms with Crippen LogP contribution < -0.4 is 15.8 Å². The van der Waals surface area contributed by atoms with Crippen LogP contribution in [-0.2, 0) is 13.6 Å². The first kappa shape index (κ1) is 23.2. The van der Waals surface area contributed by atoms with E-state index in [1.54, 1.807) is 6.33 Å². The summed E-state index contributed by atoms with van der Waals surface area (Å²) in [6.45, 7) is 0.843. The Morgan fingerprint density at radius 2 is 1.70 bits per heavy atom. The molecule has 1 fully saturated rings. The van der Waals surface area contributed by atoms with Crippen LogP contribution in [-0.4, -0.2) is 30.4 Å². The molecule has 1 aliphatic rings. The summed E-state index contributed by atoms with van der Waals surface area (Å²) in [7, 11) is 1.99. The number of rotatable bonds is 7. The summed E-state index contributed by atoms with van der Waals surface area (Å²) in [4.78, 5) is 8.96. The number of hydrogen-bond donors (Lipinski definition) is 2. The van der Waals surface area contributed by atoms with E-state index < -0.39 is 0 Å². The van der Waals surface area contributed by atoms with Gasteiger partial charge < -0.3 is 20.4 Å². The van der Waals surface area contributed by atoms with Crippen LogP contribution in [0.15, 0.2) is 79.4 Å². The molecule has 1 saturated carbocycles. The molecule has 37 heavy (non-hydrogen) atoms. The highest BCUT2D eigenvalue weighted by Crippen LogP contribution is 2.38. The summed E-state index contributed by atoms with van der Waals surface area (Å²) in [6, 6.07) is 20.9. The van der Waals surface area contributed by atoms with Crippen LogP contribution in [0.1, 0.15) is 37.4 Å². The Hall–Kier alpha value is -4.17. The molecule has 1 aliphatic carbocycles. The number of nitrogens with two attached hydrogens (primary N) is 1. The zero-order chi connectivity index (χ0) is 25.2. The van der Waals surface area contributed by atoms with E-state index in [-0.39, 0.29) is 0 Å². The summed E-state index contributed by atoms with van der Waals surface area (Å²) >= 11 is 0. The lowest BCUT2D eigenvalue weighted by Crippen LogP contribution is -2.33. The van der Waals surface area contributed by atoms with Gasteiger partial charge in [0.1, 0.15) is 29.3 Å². The lowest BCUT2D eigenvalue weighted by atomic mass is 9.91. The third-order valence-electron chi connectivity index (χ3n) is 7.37. The topological polar surface area (TPSA) is 95.8 Å². The van der Waals surface area contributed by atoms with Gasteiger partial charge in [0.25, 0.3) is 0 Å². The maximum atomic E-state index is 6.38. The first-order valence-corrected chi connectivity index (χ1v) is 12.8. The van der Waals surface area contributed by atoms with Gasteiger partial charge in [0, 0.05) is 43.6 Å². The zero-order valence-corrected chi connectivity index (χ0v) is 20.9. The summed E-state index contributed by atoms with van der Waals surface area (Å²) in [5.74, 6) is 2.12. The quantitative estimate of drug-likeness (QED) is 0.312. The molecule has 8 nitrogen and oxygen atoms in total. The maximum absolute atomic E-state index is 6.38. The third-order valence-corrected chi connectivity index (χ3v) is 7.37. The number of anilines is 1. The van der Waals surface area contributed by atoms with Crippen molar-refractivity contribution >= 4 is 16.9 Å². The lowest BCUT2D eigenvalue weighted by Gasteiger charge is -2.30. The summed E-state index contributed by atoms with van der Waals surface area (Å²) < 4.78 is 10.2. The Morgan fingerprint density at radius 1 is 0.946 bits per heavy atom. The highest BCUT2D eigenvalue weighted by Gasteiger charge is 2.25. The van der Waals surface area contributed by atoms with Crippen LogP contribution in [0.25, 0.3) is 22.2 Å². The van der Waals surface area contributed by atoms with Gasteiger partial charge in [-0.2, -0.15) is 5.10 Å². The average molecular weight is 494 g/mol. The fourth-order valence-electron chi connectivity index (χ4n) is 5.31. The molecule has 0 saturated heterocycles. The van der Waals surface area contributed by atoms with Gasteiger partial charge in [0.05, 0.1) is 11.1 Å². The van der Waals surface area contributed by atoms with Crippen molar-refractivity contribution in [3.8, 4) is 22.6 Å². The minimum atomic E-state index is 0.376. The van der Waals surface area contributed by atoms with Crippen molar-refractivity contribution in [1.82, 2.24) is 29.6 Å². The number of para-hydroxylation sites is 1. The summed E-state index contributed by atoms with van der Waals surface area (Å²) in [5.41, 5.74) is 10.6. The van der Waals surface area contributed by atoms with Gasteiger partial charge in [-0.1, -0.05) is 30.3 Å². The van der Waals surface area contributed by atoms with E-state index in [1.165, 1.54) is 5.69 Å². The first-order valence-electron chi connectivity index (χ1n) is 12.8. The van der Waals surface area contributed by atoms with E-state index in [9.17, 15) is 0 Å². The molecule has 2 aromatic carbocycles. The van der Waals surface area contributed by atoms with Gasteiger partial charge in [-0.3, -0.25) is 4.68 Å². The van der Waals surface area contributed by atoms with Crippen molar-refractivity contribution < 1.29 is 4.74 Å². The van der Waals surface area contributed by atoms with Crippen LogP contribution in [0, 0.1) is 0 Å². The number of aryl methyl sites for hydroxylation is 1. The molecular formula is C29H31N7O. The van der Waals surface area contributed by atoms with Crippen LogP contribution in [0.3, 0.4) is 0 Å². The first-order chi connectivity index (χ1) is 18.2. The molecule has 0 amide bonds. The number of hydrogen-bond acceptors (Lipinski definition) is 6. The van der Waals surface area contributed by atoms with Crippen LogP contribution >= 0.6 is 0 Å². The van der Waals surface area contributed by atoms with E-state index in [0.717, 1.165) is 65.9 Å². The van der Waals surface area contributed by atoms with E-state index in [1.807, 2.05) is 60.4 Å². The predicted octanol–water partition coefficient (Wildman–Crippen LogP) is 5.48. The number of ether oxygens (including phenoxy) is 1. The molecule has 5 aromatic rings. The molecule has 0 aliphatic heterocycles. The molecule has 0 spiro atoms. The number of benzene rings is 2. The lowest BCUT2D eigenvalue weighted by molar-refractivity contribution is 0.292. The third kappa shape index (κ3) is 4.80. The number of aromatic nitrogens is 5. The SMILES string of the molecule is Cn1nccc1CNC1CCC(n2cc(-c3ccc(Oc4ccccc4)cc3)c3c(N)ncnc32)CC1. The Kier molecular flexibility index (Phi) is 6.32. The molecule has 6 rings (SSSR count). The molecule has 188 valence electrons. The van der Waals surface area contributed by atoms with Gasteiger partial charge in [-0.25, -0.2) is 9.97 Å². The second-order valence-electron chi connectivity index (χ2n) is 9.68. The average Bonchev–Trinajstić information content (AvgIpc) is 3.53. The summed E-state index contributed by atoms with van der Waals surface area (Å²) in [5, 5.41) is 8.88. The van der Waals surface area contributed by atoms with Gasteiger partial charge in [-0.05, 0) is 61.6 Å². The second-order valence-corrected chi connectivity index (χ2v) is 9.68. The maximum Gasteiger partial charge on any atom is 0.146 e. The van der Waals surface area contributed by atoms with Crippen molar-refractivity contribution in [2.24, 2.45) is 7.05 Å². The van der Waals surface area contributed by atoms with Crippen molar-refractivity contribution in [3.05, 3.63) is 85.1 Å². The van der Waals surface area contributed by atoms with E-state index >= 15 is 0 Å². The monoisotopic (exact) mass is 493 g/mol. The van der Waals surface area contributed by atoms with Gasteiger partial charge in [0.15, 0.2) is 0 Å². The van der Waals surface area contributed by atoms with E-state index in [4.69, 9.17) is 10.5 Å². The fourth-order valence-corrected chi connectivity index (χ4v) is 5.31. The molecule has 3 heterocycles. The van der Waals surface area contributed by atoms with E-state index in [2.05, 4.69) is 49.3 Å². The molecule has 3 N–H and O–H groups in total. The fraction of sp³-hybridized carbons (Fsp3) is 0.276. The second kappa shape index (κ2) is 10.1. The minimum Gasteiger partial charge on any atom is -0.457 e. The van der Waals surface area contributed by atoms with Crippen molar-refractivity contribution in [3.63, 3.8) is 0 Å². The van der Waals surface area contributed by atoms with Crippen molar-refractivity contribution in [2.45, 2.75) is 44.3 Å². The van der Waals surface area contributed by atoms with Crippen LogP contribution in [0.5, 0.6) is 11.5 Å². The standard InChI is InChI=1S/C29H31N7O/c1-35-23(15-16-34-35)17-31-21-9-11-22(12-10-21)36-18-26(27-28(30)32-19-33-29(27)36)20-7-13-25(14-8-20)37-24-5-3-2-4-6-24/h2-8,13-16,18-19,21-22,31H,9-12,17H2,1H3,(H2,30,32,33). The normalized spacial score (nSPS) is 17.8. The van der Waals surface area contributed by atoms with Crippen LogP contribution in [0.2, 0.25) is 0 Å². The molecular weight excluding hydrogens is 462 g/mol. The molecule has 0 radical (unpaired) electrons. The zero-order valence-electron chi connectivity index (χ0n) is 20.9. The van der Waals surface area contributed by atoms with Crippen molar-refractivity contribution in [1.29, 1.82) is 0 Å². The van der Waals surface area contributed by atoms with Gasteiger partial charge >= 0.3 is 0 Å². The van der Waals surface area contributed by atoms with Gasteiger partial charge in [-0.15, -0.1) is 0 Å². The molecule has 0 atom stereocenters. The number of nitrogens with zero attached hydrogens (tertiary/aromatic N) is 5. The smallest absolute Gasteiger partial charge is 0.146 e.